The summed E-state index contributed by atoms with van der Waals surface area (Å²) >= 11 is 0. The van der Waals surface area contributed by atoms with Crippen LogP contribution in [0, 0.1) is 11.3 Å². The van der Waals surface area contributed by atoms with Gasteiger partial charge in [0.25, 0.3) is 0 Å². The van der Waals surface area contributed by atoms with Gasteiger partial charge in [-0.3, -0.25) is 0 Å². The van der Waals surface area contributed by atoms with Gasteiger partial charge in [-0.25, -0.2) is 0 Å². The van der Waals surface area contributed by atoms with E-state index in [4.69, 9.17) is 4.74 Å². The van der Waals surface area contributed by atoms with E-state index in [1.165, 1.54) is 31.9 Å². The lowest BCUT2D eigenvalue weighted by molar-refractivity contribution is 0.129. The molecule has 0 aromatic carbocycles. The maximum absolute atomic E-state index is 5.14. The highest BCUT2D eigenvalue weighted by molar-refractivity contribution is 4.88. The van der Waals surface area contributed by atoms with Crippen molar-refractivity contribution < 1.29 is 4.74 Å². The Labute approximate surface area is 107 Å². The molecule has 0 aliphatic heterocycles. The van der Waals surface area contributed by atoms with Crippen LogP contribution in [-0.4, -0.2) is 19.2 Å². The van der Waals surface area contributed by atoms with Gasteiger partial charge in [0.2, 0.25) is 0 Å². The van der Waals surface area contributed by atoms with E-state index in [1.54, 1.807) is 0 Å². The molecule has 1 rings (SSSR count). The van der Waals surface area contributed by atoms with Crippen molar-refractivity contribution in [3.8, 4) is 0 Å². The lowest BCUT2D eigenvalue weighted by atomic mass is 9.69. The molecule has 2 heteroatoms. The highest BCUT2D eigenvalue weighted by Gasteiger charge is 2.33. The molecule has 100 valence electrons. The number of hydrogen-bond donors (Lipinski definition) is 1. The molecule has 1 saturated carbocycles. The number of ether oxygens (including phenoxy) is 1. The largest absolute Gasteiger partial charge is 0.502 e. The number of nitrogens with one attached hydrogen (secondary N) is 1. The van der Waals surface area contributed by atoms with Crippen molar-refractivity contribution in [2.24, 2.45) is 11.3 Å². The second kappa shape index (κ2) is 7.05. The highest BCUT2D eigenvalue weighted by Crippen LogP contribution is 2.37. The summed E-state index contributed by atoms with van der Waals surface area (Å²) in [5.41, 5.74) is 0.426. The highest BCUT2D eigenvalue weighted by atomic mass is 16.5. The van der Waals surface area contributed by atoms with E-state index in [-0.39, 0.29) is 0 Å². The first-order valence-corrected chi connectivity index (χ1v) is 7.01. The van der Waals surface area contributed by atoms with Gasteiger partial charge in [-0.1, -0.05) is 40.2 Å². The normalized spacial score (nSPS) is 25.6. The van der Waals surface area contributed by atoms with Crippen LogP contribution in [0.3, 0.4) is 0 Å². The summed E-state index contributed by atoms with van der Waals surface area (Å²) in [5.74, 6) is 0.816. The van der Waals surface area contributed by atoms with Crippen LogP contribution in [0.5, 0.6) is 0 Å². The zero-order valence-electron chi connectivity index (χ0n) is 11.8. The van der Waals surface area contributed by atoms with Gasteiger partial charge < -0.3 is 10.1 Å². The van der Waals surface area contributed by atoms with E-state index in [0.717, 1.165) is 25.5 Å². The Morgan fingerprint density at radius 2 is 2.00 bits per heavy atom. The fourth-order valence-electron chi connectivity index (χ4n) is 2.94. The summed E-state index contributed by atoms with van der Waals surface area (Å²) in [6.45, 7) is 12.5. The minimum absolute atomic E-state index is 0.426. The van der Waals surface area contributed by atoms with Crippen molar-refractivity contribution >= 4 is 0 Å². The van der Waals surface area contributed by atoms with Gasteiger partial charge in [0.1, 0.15) is 0 Å². The Balaban J connectivity index is 2.30. The third-order valence-electron chi connectivity index (χ3n) is 3.84. The summed E-state index contributed by atoms with van der Waals surface area (Å²) < 4.78 is 5.14. The molecule has 0 radical (unpaired) electrons. The van der Waals surface area contributed by atoms with Crippen LogP contribution >= 0.6 is 0 Å². The molecule has 2 nitrogen and oxygen atoms in total. The van der Waals surface area contributed by atoms with Gasteiger partial charge in [0.15, 0.2) is 0 Å². The molecule has 1 N–H and O–H groups in total. The van der Waals surface area contributed by atoms with Crippen LogP contribution in [0.15, 0.2) is 12.8 Å². The minimum Gasteiger partial charge on any atom is -0.502 e. The predicted molar refractivity (Wildman–Crippen MR) is 74.0 cm³/mol. The van der Waals surface area contributed by atoms with E-state index in [1.807, 2.05) is 0 Å². The third kappa shape index (κ3) is 5.12. The number of hydrogen-bond acceptors (Lipinski definition) is 2. The van der Waals surface area contributed by atoms with Crippen molar-refractivity contribution in [1.82, 2.24) is 5.32 Å². The summed E-state index contributed by atoms with van der Waals surface area (Å²) in [7, 11) is 0. The van der Waals surface area contributed by atoms with E-state index < -0.39 is 0 Å². The zero-order valence-corrected chi connectivity index (χ0v) is 11.8. The molecule has 0 aromatic heterocycles. The standard InChI is InChI=1S/C15H29NO/c1-5-17-12-8-11-16-14-10-7-6-9-13(14)15(2,3)4/h5,13-14,16H,1,6-12H2,2-4H3. The Hall–Kier alpha value is -0.500. The van der Waals surface area contributed by atoms with Crippen LogP contribution in [0.25, 0.3) is 0 Å². The molecule has 0 saturated heterocycles. The quantitative estimate of drug-likeness (QED) is 0.563. The van der Waals surface area contributed by atoms with Crippen molar-refractivity contribution in [2.75, 3.05) is 13.2 Å². The van der Waals surface area contributed by atoms with Gasteiger partial charge in [0.05, 0.1) is 12.9 Å². The van der Waals surface area contributed by atoms with Crippen molar-refractivity contribution in [3.05, 3.63) is 12.8 Å². The Bertz CT molecular complexity index is 219. The Morgan fingerprint density at radius 3 is 2.65 bits per heavy atom. The molecule has 1 fully saturated rings. The molecule has 0 heterocycles. The molecule has 2 atom stereocenters. The molecule has 17 heavy (non-hydrogen) atoms. The molecule has 0 bridgehead atoms. The lowest BCUT2D eigenvalue weighted by Gasteiger charge is -2.41. The molecule has 0 aromatic rings. The summed E-state index contributed by atoms with van der Waals surface area (Å²) in [4.78, 5) is 0. The predicted octanol–water partition coefficient (Wildman–Crippen LogP) is 3.73. The second-order valence-corrected chi connectivity index (χ2v) is 6.21. The summed E-state index contributed by atoms with van der Waals surface area (Å²) in [6, 6.07) is 0.701. The van der Waals surface area contributed by atoms with E-state index in [2.05, 4.69) is 32.7 Å². The molecule has 0 spiro atoms. The van der Waals surface area contributed by atoms with Crippen molar-refractivity contribution in [2.45, 2.75) is 58.9 Å². The molecule has 1 aliphatic carbocycles. The summed E-state index contributed by atoms with van der Waals surface area (Å²) in [6.07, 6.45) is 8.10. The van der Waals surface area contributed by atoms with E-state index >= 15 is 0 Å². The van der Waals surface area contributed by atoms with Crippen LogP contribution in [-0.2, 0) is 4.74 Å². The van der Waals surface area contributed by atoms with Gasteiger partial charge in [-0.05, 0) is 37.1 Å². The van der Waals surface area contributed by atoms with Crippen LogP contribution < -0.4 is 5.32 Å². The summed E-state index contributed by atoms with van der Waals surface area (Å²) in [5, 5.41) is 3.72. The average molecular weight is 239 g/mol. The fraction of sp³-hybridized carbons (Fsp3) is 0.867. The minimum atomic E-state index is 0.426. The maximum Gasteiger partial charge on any atom is 0.0885 e. The average Bonchev–Trinajstić information content (AvgIpc) is 2.28. The smallest absolute Gasteiger partial charge is 0.0885 e. The lowest BCUT2D eigenvalue weighted by Crippen LogP contribution is -2.44. The van der Waals surface area contributed by atoms with Crippen LogP contribution in [0.1, 0.15) is 52.9 Å². The first-order valence-electron chi connectivity index (χ1n) is 7.01. The molecule has 0 amide bonds. The topological polar surface area (TPSA) is 21.3 Å². The third-order valence-corrected chi connectivity index (χ3v) is 3.84. The molecule has 1 aliphatic rings. The first-order chi connectivity index (χ1) is 8.05. The van der Waals surface area contributed by atoms with Crippen LogP contribution in [0.2, 0.25) is 0 Å². The molecular weight excluding hydrogens is 210 g/mol. The Morgan fingerprint density at radius 1 is 1.29 bits per heavy atom. The number of rotatable bonds is 6. The molecule has 2 unspecified atom stereocenters. The van der Waals surface area contributed by atoms with Gasteiger partial charge >= 0.3 is 0 Å². The van der Waals surface area contributed by atoms with Gasteiger partial charge in [-0.2, -0.15) is 0 Å². The molecular formula is C15H29NO. The van der Waals surface area contributed by atoms with Gasteiger partial charge in [-0.15, -0.1) is 0 Å². The fourth-order valence-corrected chi connectivity index (χ4v) is 2.94. The van der Waals surface area contributed by atoms with Gasteiger partial charge in [0, 0.05) is 6.04 Å². The van der Waals surface area contributed by atoms with E-state index in [9.17, 15) is 0 Å². The zero-order chi connectivity index (χ0) is 12.7. The van der Waals surface area contributed by atoms with Crippen molar-refractivity contribution in [1.29, 1.82) is 0 Å². The first kappa shape index (κ1) is 14.6. The monoisotopic (exact) mass is 239 g/mol. The van der Waals surface area contributed by atoms with E-state index in [0.29, 0.717) is 11.5 Å². The Kier molecular flexibility index (Phi) is 6.04. The van der Waals surface area contributed by atoms with Crippen LogP contribution in [0.4, 0.5) is 0 Å². The second-order valence-electron chi connectivity index (χ2n) is 6.21. The maximum atomic E-state index is 5.14. The van der Waals surface area contributed by atoms with Crippen molar-refractivity contribution in [3.63, 3.8) is 0 Å². The SMILES string of the molecule is C=COCCCNC1CCCCC1C(C)(C)C.